The van der Waals surface area contributed by atoms with Crippen molar-refractivity contribution < 1.29 is 0 Å². The highest BCUT2D eigenvalue weighted by molar-refractivity contribution is 5.87. The van der Waals surface area contributed by atoms with Gasteiger partial charge in [0.15, 0.2) is 5.52 Å². The number of nitrogens with zero attached hydrogens (tertiary/aromatic N) is 5. The van der Waals surface area contributed by atoms with E-state index in [0.29, 0.717) is 16.9 Å². The van der Waals surface area contributed by atoms with Crippen molar-refractivity contribution in [3.05, 3.63) is 128 Å². The van der Waals surface area contributed by atoms with Gasteiger partial charge in [-0.2, -0.15) is 24.8 Å². The lowest BCUT2D eigenvalue weighted by Crippen LogP contribution is -2.29. The molecule has 0 spiro atoms. The molecule has 0 amide bonds. The zero-order valence-corrected chi connectivity index (χ0v) is 18.8. The molecule has 2 heterocycles. The molecule has 0 N–H and O–H groups in total. The largest absolute Gasteiger partial charge is 0.299 e. The molecule has 0 atom stereocenters. The SMILES string of the molecule is Cc1ccc(-n2nc3c(=O)n(/N=C/c4ccccc4)c(-c4ccccc4)cc3c(C#N)c2=O)cc1. The monoisotopic (exact) mass is 457 g/mol. The molecule has 0 aliphatic carbocycles. The predicted octanol–water partition coefficient (Wildman–Crippen LogP) is 4.28. The van der Waals surface area contributed by atoms with Gasteiger partial charge in [0.2, 0.25) is 0 Å². The molecular formula is C28H19N5O2. The van der Waals surface area contributed by atoms with E-state index in [9.17, 15) is 14.9 Å². The van der Waals surface area contributed by atoms with Crippen LogP contribution < -0.4 is 11.1 Å². The van der Waals surface area contributed by atoms with E-state index >= 15 is 0 Å². The van der Waals surface area contributed by atoms with Gasteiger partial charge in [0.05, 0.1) is 17.6 Å². The van der Waals surface area contributed by atoms with E-state index < -0.39 is 11.1 Å². The highest BCUT2D eigenvalue weighted by Crippen LogP contribution is 2.23. The summed E-state index contributed by atoms with van der Waals surface area (Å²) in [4.78, 5) is 26.9. The summed E-state index contributed by atoms with van der Waals surface area (Å²) in [6.45, 7) is 1.93. The van der Waals surface area contributed by atoms with Crippen molar-refractivity contribution in [3.8, 4) is 23.0 Å². The first-order valence-electron chi connectivity index (χ1n) is 10.9. The lowest BCUT2D eigenvalue weighted by atomic mass is 10.1. The number of benzene rings is 3. The highest BCUT2D eigenvalue weighted by atomic mass is 16.1. The van der Waals surface area contributed by atoms with E-state index in [1.807, 2.05) is 85.8 Å². The van der Waals surface area contributed by atoms with Gasteiger partial charge in [0.1, 0.15) is 11.6 Å². The Hall–Kier alpha value is -5.09. The predicted molar refractivity (Wildman–Crippen MR) is 136 cm³/mol. The minimum atomic E-state index is -0.590. The second-order valence-electron chi connectivity index (χ2n) is 7.97. The van der Waals surface area contributed by atoms with Crippen molar-refractivity contribution in [2.75, 3.05) is 0 Å². The van der Waals surface area contributed by atoms with E-state index in [2.05, 4.69) is 10.2 Å². The van der Waals surface area contributed by atoms with E-state index in [-0.39, 0.29) is 16.5 Å². The van der Waals surface area contributed by atoms with Gasteiger partial charge >= 0.3 is 0 Å². The van der Waals surface area contributed by atoms with Crippen LogP contribution >= 0.6 is 0 Å². The van der Waals surface area contributed by atoms with Gasteiger partial charge in [-0.1, -0.05) is 78.4 Å². The number of hydrogen-bond donors (Lipinski definition) is 0. The maximum atomic E-state index is 13.7. The van der Waals surface area contributed by atoms with Crippen LogP contribution in [0.1, 0.15) is 16.7 Å². The van der Waals surface area contributed by atoms with Crippen LogP contribution in [0.15, 0.2) is 106 Å². The maximum Gasteiger partial charge on any atom is 0.299 e. The van der Waals surface area contributed by atoms with Crippen molar-refractivity contribution in [2.45, 2.75) is 6.92 Å². The zero-order valence-electron chi connectivity index (χ0n) is 18.8. The Morgan fingerprint density at radius 2 is 1.54 bits per heavy atom. The molecule has 0 unspecified atom stereocenters. The number of fused-ring (bicyclic) bond motifs is 1. The summed E-state index contributed by atoms with van der Waals surface area (Å²) >= 11 is 0. The minimum absolute atomic E-state index is 0.0217. The first-order valence-corrected chi connectivity index (χ1v) is 10.9. The fourth-order valence-electron chi connectivity index (χ4n) is 3.81. The van der Waals surface area contributed by atoms with Crippen LogP contribution in [-0.4, -0.2) is 20.7 Å². The molecule has 0 fully saturated rings. The van der Waals surface area contributed by atoms with Gasteiger partial charge in [0, 0.05) is 10.9 Å². The normalized spacial score (nSPS) is 11.1. The molecule has 35 heavy (non-hydrogen) atoms. The second-order valence-corrected chi connectivity index (χ2v) is 7.97. The molecule has 0 aliphatic heterocycles. The molecule has 5 aromatic rings. The lowest BCUT2D eigenvalue weighted by Gasteiger charge is -2.12. The number of aromatic nitrogens is 3. The number of hydrogen-bond acceptors (Lipinski definition) is 5. The standard InChI is InChI=1S/C28H19N5O2/c1-19-12-14-22(15-13-19)32-27(34)24(17-29)23-16-25(21-10-6-3-7-11-21)33(28(35)26(23)31-32)30-18-20-8-4-2-5-9-20/h2-16,18H,1H3/b30-18+. The van der Waals surface area contributed by atoms with Crippen LogP contribution in [0.3, 0.4) is 0 Å². The van der Waals surface area contributed by atoms with Crippen LogP contribution in [0, 0.1) is 18.3 Å². The Kier molecular flexibility index (Phi) is 5.62. The van der Waals surface area contributed by atoms with Crippen molar-refractivity contribution >= 4 is 17.1 Å². The summed E-state index contributed by atoms with van der Waals surface area (Å²) in [5.41, 5.74) is 2.14. The molecule has 7 nitrogen and oxygen atoms in total. The molecular weight excluding hydrogens is 438 g/mol. The van der Waals surface area contributed by atoms with Crippen LogP contribution in [0.5, 0.6) is 0 Å². The second kappa shape index (κ2) is 9.04. The van der Waals surface area contributed by atoms with Crippen LogP contribution in [0.2, 0.25) is 0 Å². The molecule has 168 valence electrons. The van der Waals surface area contributed by atoms with Gasteiger partial charge in [-0.05, 0) is 30.7 Å². The molecule has 7 heteroatoms. The Labute approximate surface area is 200 Å². The summed E-state index contributed by atoms with van der Waals surface area (Å²) in [6, 6.07) is 29.3. The molecule has 0 saturated carbocycles. The first-order chi connectivity index (χ1) is 17.1. The lowest BCUT2D eigenvalue weighted by molar-refractivity contribution is 0.801. The summed E-state index contributed by atoms with van der Waals surface area (Å²) < 4.78 is 2.35. The van der Waals surface area contributed by atoms with Crippen molar-refractivity contribution in [1.29, 1.82) is 5.26 Å². The number of rotatable bonds is 4. The highest BCUT2D eigenvalue weighted by Gasteiger charge is 2.19. The van der Waals surface area contributed by atoms with E-state index in [1.165, 1.54) is 4.68 Å². The molecule has 0 aliphatic rings. The Balaban J connectivity index is 1.84. The summed E-state index contributed by atoms with van der Waals surface area (Å²) in [7, 11) is 0. The zero-order chi connectivity index (χ0) is 24.4. The minimum Gasteiger partial charge on any atom is -0.266 e. The van der Waals surface area contributed by atoms with Gasteiger partial charge < -0.3 is 0 Å². The topological polar surface area (TPSA) is 93.0 Å². The smallest absolute Gasteiger partial charge is 0.266 e. The summed E-state index contributed by atoms with van der Waals surface area (Å²) in [5.74, 6) is 0. The Morgan fingerprint density at radius 1 is 0.886 bits per heavy atom. The third-order valence-electron chi connectivity index (χ3n) is 5.62. The van der Waals surface area contributed by atoms with Crippen molar-refractivity contribution in [1.82, 2.24) is 14.5 Å². The average molecular weight is 457 g/mol. The van der Waals surface area contributed by atoms with Gasteiger partial charge in [-0.15, -0.1) is 0 Å². The fraction of sp³-hybridized carbons (Fsp3) is 0.0357. The average Bonchev–Trinajstić information content (AvgIpc) is 2.89. The maximum absolute atomic E-state index is 13.7. The quantitative estimate of drug-likeness (QED) is 0.377. The number of nitriles is 1. The van der Waals surface area contributed by atoms with Gasteiger partial charge in [0.25, 0.3) is 11.1 Å². The molecule has 0 radical (unpaired) electrons. The number of pyridine rings is 1. The number of aryl methyl sites for hydroxylation is 1. The summed E-state index contributed by atoms with van der Waals surface area (Å²) in [5, 5.41) is 18.9. The molecule has 3 aromatic carbocycles. The molecule has 0 saturated heterocycles. The van der Waals surface area contributed by atoms with E-state index in [4.69, 9.17) is 0 Å². The van der Waals surface area contributed by atoms with Crippen LogP contribution in [0.25, 0.3) is 27.8 Å². The van der Waals surface area contributed by atoms with Gasteiger partial charge in [-0.25, -0.2) is 0 Å². The van der Waals surface area contributed by atoms with Crippen molar-refractivity contribution in [3.63, 3.8) is 0 Å². The van der Waals surface area contributed by atoms with Crippen LogP contribution in [0.4, 0.5) is 0 Å². The molecule has 2 aromatic heterocycles. The van der Waals surface area contributed by atoms with Crippen molar-refractivity contribution in [2.24, 2.45) is 5.10 Å². The summed E-state index contributed by atoms with van der Waals surface area (Å²) in [6.07, 6.45) is 1.58. The van der Waals surface area contributed by atoms with E-state index in [0.717, 1.165) is 15.8 Å². The molecule has 5 rings (SSSR count). The third kappa shape index (κ3) is 4.05. The van der Waals surface area contributed by atoms with Gasteiger partial charge in [-0.3, -0.25) is 9.59 Å². The van der Waals surface area contributed by atoms with E-state index in [1.54, 1.807) is 24.4 Å². The molecule has 0 bridgehead atoms. The first kappa shape index (κ1) is 21.7. The fourth-order valence-corrected chi connectivity index (χ4v) is 3.81. The Morgan fingerprint density at radius 3 is 2.20 bits per heavy atom. The third-order valence-corrected chi connectivity index (χ3v) is 5.62. The Bertz CT molecular complexity index is 1730. The van der Waals surface area contributed by atoms with Crippen LogP contribution in [-0.2, 0) is 0 Å².